The Labute approximate surface area is 220 Å². The zero-order chi connectivity index (χ0) is 26.7. The van der Waals surface area contributed by atoms with Crippen molar-refractivity contribution in [1.82, 2.24) is 9.80 Å². The average molecular weight is 519 g/mol. The fourth-order valence-electron chi connectivity index (χ4n) is 4.86. The molecule has 5 rings (SSSR count). The number of hydrogen-bond donors (Lipinski definition) is 0. The minimum absolute atomic E-state index is 0.120. The van der Waals surface area contributed by atoms with Gasteiger partial charge >= 0.3 is 6.18 Å². The number of nitrogens with zero attached hydrogens (tertiary/aromatic N) is 2. The van der Waals surface area contributed by atoms with E-state index >= 15 is 0 Å². The van der Waals surface area contributed by atoms with Crippen LogP contribution < -0.4 is 0 Å². The SMILES string of the molecule is CN(Cc1cccc2cc(CN3CCOCC3)ccc12)C(=O)c1ccc(-c2ccc(C(F)(F)F)cc2)cc1. The van der Waals surface area contributed by atoms with E-state index in [1.165, 1.54) is 17.7 Å². The van der Waals surface area contributed by atoms with Crippen molar-refractivity contribution in [2.24, 2.45) is 0 Å². The summed E-state index contributed by atoms with van der Waals surface area (Å²) in [6.07, 6.45) is -4.37. The third-order valence-electron chi connectivity index (χ3n) is 6.98. The molecule has 1 fully saturated rings. The molecule has 1 aliphatic rings. The molecular formula is C31H29F3N2O2. The van der Waals surface area contributed by atoms with Crippen LogP contribution in [0.4, 0.5) is 13.2 Å². The van der Waals surface area contributed by atoms with Crippen LogP contribution in [0.15, 0.2) is 84.9 Å². The number of morpholine rings is 1. The van der Waals surface area contributed by atoms with Crippen molar-refractivity contribution in [3.05, 3.63) is 107 Å². The normalized spacial score (nSPS) is 14.5. The monoisotopic (exact) mass is 518 g/mol. The van der Waals surface area contributed by atoms with Gasteiger partial charge in [0.05, 0.1) is 18.8 Å². The Balaban J connectivity index is 1.27. The van der Waals surface area contributed by atoms with Crippen molar-refractivity contribution in [1.29, 1.82) is 0 Å². The predicted octanol–water partition coefficient (Wildman–Crippen LogP) is 6.63. The number of rotatable bonds is 6. The Kier molecular flexibility index (Phi) is 7.49. The molecule has 0 spiro atoms. The molecule has 196 valence electrons. The number of halogens is 3. The Hall–Kier alpha value is -3.68. The van der Waals surface area contributed by atoms with Gasteiger partial charge in [-0.2, -0.15) is 13.2 Å². The summed E-state index contributed by atoms with van der Waals surface area (Å²) in [4.78, 5) is 17.2. The second kappa shape index (κ2) is 11.0. The van der Waals surface area contributed by atoms with Gasteiger partial charge in [0.1, 0.15) is 0 Å². The minimum atomic E-state index is -4.37. The van der Waals surface area contributed by atoms with E-state index in [-0.39, 0.29) is 5.91 Å². The molecule has 38 heavy (non-hydrogen) atoms. The minimum Gasteiger partial charge on any atom is -0.379 e. The molecule has 0 aromatic heterocycles. The molecule has 4 aromatic rings. The highest BCUT2D eigenvalue weighted by atomic mass is 19.4. The Bertz CT molecular complexity index is 1410. The van der Waals surface area contributed by atoms with Gasteiger partial charge in [0.15, 0.2) is 0 Å². The zero-order valence-corrected chi connectivity index (χ0v) is 21.2. The first-order valence-electron chi connectivity index (χ1n) is 12.6. The van der Waals surface area contributed by atoms with Gasteiger partial charge in [-0.05, 0) is 63.4 Å². The maximum atomic E-state index is 13.1. The smallest absolute Gasteiger partial charge is 0.379 e. The summed E-state index contributed by atoms with van der Waals surface area (Å²) >= 11 is 0. The lowest BCUT2D eigenvalue weighted by atomic mass is 10.0. The van der Waals surface area contributed by atoms with Gasteiger partial charge < -0.3 is 9.64 Å². The van der Waals surface area contributed by atoms with Crippen molar-refractivity contribution in [3.8, 4) is 11.1 Å². The van der Waals surface area contributed by atoms with E-state index in [1.54, 1.807) is 36.2 Å². The number of carbonyl (C=O) groups is 1. The zero-order valence-electron chi connectivity index (χ0n) is 21.2. The highest BCUT2D eigenvalue weighted by Gasteiger charge is 2.30. The molecule has 1 saturated heterocycles. The van der Waals surface area contributed by atoms with Gasteiger partial charge in [0.25, 0.3) is 5.91 Å². The van der Waals surface area contributed by atoms with E-state index < -0.39 is 11.7 Å². The first-order chi connectivity index (χ1) is 18.3. The quantitative estimate of drug-likeness (QED) is 0.287. The number of fused-ring (bicyclic) bond motifs is 1. The van der Waals surface area contributed by atoms with Crippen LogP contribution in [-0.2, 0) is 24.0 Å². The van der Waals surface area contributed by atoms with Crippen molar-refractivity contribution in [2.45, 2.75) is 19.3 Å². The van der Waals surface area contributed by atoms with Crippen LogP contribution in [0.5, 0.6) is 0 Å². The maximum absolute atomic E-state index is 13.1. The second-order valence-electron chi connectivity index (χ2n) is 9.67. The van der Waals surface area contributed by atoms with Crippen LogP contribution >= 0.6 is 0 Å². The molecule has 0 aliphatic carbocycles. The van der Waals surface area contributed by atoms with Crippen molar-refractivity contribution >= 4 is 16.7 Å². The van der Waals surface area contributed by atoms with Crippen molar-refractivity contribution < 1.29 is 22.7 Å². The average Bonchev–Trinajstić information content (AvgIpc) is 2.93. The van der Waals surface area contributed by atoms with Crippen LogP contribution in [-0.4, -0.2) is 49.1 Å². The van der Waals surface area contributed by atoms with E-state index in [0.717, 1.165) is 66.9 Å². The van der Waals surface area contributed by atoms with E-state index in [1.807, 2.05) is 12.1 Å². The Morgan fingerprint density at radius 3 is 2.21 bits per heavy atom. The lowest BCUT2D eigenvalue weighted by Crippen LogP contribution is -2.35. The van der Waals surface area contributed by atoms with Crippen molar-refractivity contribution in [3.63, 3.8) is 0 Å². The molecule has 0 saturated carbocycles. The maximum Gasteiger partial charge on any atom is 0.416 e. The first-order valence-corrected chi connectivity index (χ1v) is 12.6. The fourth-order valence-corrected chi connectivity index (χ4v) is 4.86. The van der Waals surface area contributed by atoms with E-state index in [4.69, 9.17) is 4.74 Å². The summed E-state index contributed by atoms with van der Waals surface area (Å²) in [6, 6.07) is 24.6. The van der Waals surface area contributed by atoms with Gasteiger partial charge in [-0.1, -0.05) is 54.6 Å². The van der Waals surface area contributed by atoms with Gasteiger partial charge in [0, 0.05) is 38.8 Å². The Morgan fingerprint density at radius 2 is 1.55 bits per heavy atom. The molecule has 0 unspecified atom stereocenters. The summed E-state index contributed by atoms with van der Waals surface area (Å²) in [5.74, 6) is -0.120. The number of alkyl halides is 3. The highest BCUT2D eigenvalue weighted by Crippen LogP contribution is 2.31. The standard InChI is InChI=1S/C31H29F3N2O2/c1-35(30(37)25-8-6-23(7-9-25)24-10-12-28(13-11-24)31(32,33)34)21-27-4-2-3-26-19-22(5-14-29(26)27)20-36-15-17-38-18-16-36/h2-14,19H,15-18,20-21H2,1H3. The Morgan fingerprint density at radius 1 is 0.895 bits per heavy atom. The number of benzene rings is 4. The van der Waals surface area contributed by atoms with Crippen molar-refractivity contribution in [2.75, 3.05) is 33.4 Å². The number of ether oxygens (including phenoxy) is 1. The second-order valence-corrected chi connectivity index (χ2v) is 9.67. The van der Waals surface area contributed by atoms with E-state index in [9.17, 15) is 18.0 Å². The summed E-state index contributed by atoms with van der Waals surface area (Å²) in [7, 11) is 1.78. The molecule has 4 nitrogen and oxygen atoms in total. The molecule has 0 radical (unpaired) electrons. The van der Waals surface area contributed by atoms with Gasteiger partial charge in [0.2, 0.25) is 0 Å². The summed E-state index contributed by atoms with van der Waals surface area (Å²) in [6.45, 7) is 4.78. The molecule has 0 N–H and O–H groups in total. The topological polar surface area (TPSA) is 32.8 Å². The van der Waals surface area contributed by atoms with Crippen LogP contribution in [0.2, 0.25) is 0 Å². The predicted molar refractivity (Wildman–Crippen MR) is 143 cm³/mol. The first kappa shape index (κ1) is 25.9. The molecular weight excluding hydrogens is 489 g/mol. The molecule has 1 amide bonds. The molecule has 0 bridgehead atoms. The summed E-state index contributed by atoms with van der Waals surface area (Å²) in [5, 5.41) is 2.27. The van der Waals surface area contributed by atoms with Crippen LogP contribution in [0.3, 0.4) is 0 Å². The third-order valence-corrected chi connectivity index (χ3v) is 6.98. The number of hydrogen-bond acceptors (Lipinski definition) is 3. The molecule has 7 heteroatoms. The fraction of sp³-hybridized carbons (Fsp3) is 0.258. The number of amides is 1. The van der Waals surface area contributed by atoms with Crippen LogP contribution in [0.1, 0.15) is 27.0 Å². The largest absolute Gasteiger partial charge is 0.416 e. The third kappa shape index (κ3) is 5.90. The van der Waals surface area contributed by atoms with Crippen LogP contribution in [0, 0.1) is 0 Å². The van der Waals surface area contributed by atoms with E-state index in [0.29, 0.717) is 17.7 Å². The van der Waals surface area contributed by atoms with Gasteiger partial charge in [-0.25, -0.2) is 0 Å². The summed E-state index contributed by atoms with van der Waals surface area (Å²) < 4.78 is 44.0. The van der Waals surface area contributed by atoms with Gasteiger partial charge in [-0.15, -0.1) is 0 Å². The summed E-state index contributed by atoms with van der Waals surface area (Å²) in [5.41, 5.74) is 3.58. The van der Waals surface area contributed by atoms with Crippen LogP contribution in [0.25, 0.3) is 21.9 Å². The number of carbonyl (C=O) groups excluding carboxylic acids is 1. The molecule has 1 heterocycles. The molecule has 1 aliphatic heterocycles. The van der Waals surface area contributed by atoms with Gasteiger partial charge in [-0.3, -0.25) is 9.69 Å². The molecule has 4 aromatic carbocycles. The highest BCUT2D eigenvalue weighted by molar-refractivity contribution is 5.95. The molecule has 0 atom stereocenters. The lowest BCUT2D eigenvalue weighted by Gasteiger charge is -2.26. The lowest BCUT2D eigenvalue weighted by molar-refractivity contribution is -0.137. The van der Waals surface area contributed by atoms with E-state index in [2.05, 4.69) is 29.2 Å².